The minimum Gasteiger partial charge on any atom is -0.475 e. The minimum atomic E-state index is -5.08. The molecule has 0 aliphatic carbocycles. The molecule has 1 atom stereocenters. The molecule has 156 valence electrons. The highest BCUT2D eigenvalue weighted by Gasteiger charge is 2.40. The second-order valence-electron chi connectivity index (χ2n) is 6.93. The van der Waals surface area contributed by atoms with Gasteiger partial charge >= 0.3 is 12.1 Å². The molecular weight excluding hydrogens is 391 g/mol. The van der Waals surface area contributed by atoms with Gasteiger partial charge in [0.15, 0.2) is 11.4 Å². The van der Waals surface area contributed by atoms with Crippen molar-refractivity contribution in [1.29, 1.82) is 0 Å². The first-order valence-corrected chi connectivity index (χ1v) is 9.01. The van der Waals surface area contributed by atoms with Gasteiger partial charge in [-0.2, -0.15) is 13.2 Å². The summed E-state index contributed by atoms with van der Waals surface area (Å²) in [5.41, 5.74) is 1.92. The van der Waals surface area contributed by atoms with Crippen molar-refractivity contribution >= 4 is 12.2 Å². The summed E-state index contributed by atoms with van der Waals surface area (Å²) >= 11 is 0. The predicted octanol–water partition coefficient (Wildman–Crippen LogP) is 3.72. The van der Waals surface area contributed by atoms with Gasteiger partial charge in [0.05, 0.1) is 5.69 Å². The number of halogens is 3. The number of nitrogens with zero attached hydrogens (tertiary/aromatic N) is 3. The Kier molecular flexibility index (Phi) is 6.21. The van der Waals surface area contributed by atoms with Crippen molar-refractivity contribution in [1.82, 2.24) is 10.1 Å². The summed E-state index contributed by atoms with van der Waals surface area (Å²) in [5, 5.41) is 15.3. The maximum atomic E-state index is 10.6. The van der Waals surface area contributed by atoms with E-state index in [0.717, 1.165) is 55.9 Å². The van der Waals surface area contributed by atoms with Gasteiger partial charge in [-0.25, -0.2) is 4.79 Å². The standard InChI is InChI=1S/C17H19N3O2.C2HF3O2/c1-2-5-14(6-3-1)16-11-15(19-21-16)12-20-10-4-7-17(13-20)8-9-18-22-17;3-2(4,5)1(6)7/h1-3,5-6,9,11H,4,7-8,10,12-13H2;(H,6,7). The lowest BCUT2D eigenvalue weighted by Gasteiger charge is -2.37. The van der Waals surface area contributed by atoms with Gasteiger partial charge in [-0.3, -0.25) is 4.90 Å². The van der Waals surface area contributed by atoms with Crippen LogP contribution >= 0.6 is 0 Å². The molecule has 7 nitrogen and oxygen atoms in total. The third-order valence-electron chi connectivity index (χ3n) is 4.65. The van der Waals surface area contributed by atoms with Crippen LogP contribution in [-0.2, 0) is 16.2 Å². The Balaban J connectivity index is 0.000000298. The van der Waals surface area contributed by atoms with Crippen LogP contribution in [0.4, 0.5) is 13.2 Å². The van der Waals surface area contributed by atoms with E-state index in [1.54, 1.807) is 0 Å². The molecule has 0 amide bonds. The second kappa shape index (κ2) is 8.64. The molecule has 1 saturated heterocycles. The Bertz CT molecular complexity index is 844. The molecule has 10 heteroatoms. The molecule has 0 bridgehead atoms. The van der Waals surface area contributed by atoms with E-state index in [1.165, 1.54) is 0 Å². The number of hydrogen-bond donors (Lipinski definition) is 1. The Hall–Kier alpha value is -2.88. The molecule has 2 aliphatic rings. The first-order chi connectivity index (χ1) is 13.8. The molecule has 1 spiro atoms. The maximum absolute atomic E-state index is 10.6. The van der Waals surface area contributed by atoms with Gasteiger partial charge < -0.3 is 14.5 Å². The molecule has 1 unspecified atom stereocenters. The number of hydrogen-bond acceptors (Lipinski definition) is 6. The quantitative estimate of drug-likeness (QED) is 0.828. The molecule has 3 heterocycles. The molecule has 1 aromatic heterocycles. The van der Waals surface area contributed by atoms with E-state index in [1.807, 2.05) is 42.6 Å². The minimum absolute atomic E-state index is 0.107. The summed E-state index contributed by atoms with van der Waals surface area (Å²) in [4.78, 5) is 16.9. The van der Waals surface area contributed by atoms with E-state index in [-0.39, 0.29) is 5.60 Å². The van der Waals surface area contributed by atoms with Crippen LogP contribution < -0.4 is 0 Å². The zero-order valence-corrected chi connectivity index (χ0v) is 15.4. The van der Waals surface area contributed by atoms with Crippen molar-refractivity contribution in [3.8, 4) is 11.3 Å². The summed E-state index contributed by atoms with van der Waals surface area (Å²) < 4.78 is 37.2. The Labute approximate surface area is 164 Å². The van der Waals surface area contributed by atoms with Crippen LogP contribution in [-0.4, -0.2) is 52.2 Å². The van der Waals surface area contributed by atoms with Crippen molar-refractivity contribution in [3.05, 3.63) is 42.1 Å². The van der Waals surface area contributed by atoms with Gasteiger partial charge in [0.2, 0.25) is 0 Å². The normalized spacial score (nSPS) is 21.5. The lowest BCUT2D eigenvalue weighted by Crippen LogP contribution is -2.47. The number of carboxylic acids is 1. The van der Waals surface area contributed by atoms with Crippen LogP contribution in [0.3, 0.4) is 0 Å². The molecule has 1 aromatic carbocycles. The summed E-state index contributed by atoms with van der Waals surface area (Å²) in [5.74, 6) is -1.93. The van der Waals surface area contributed by atoms with Crippen molar-refractivity contribution < 1.29 is 32.4 Å². The SMILES string of the molecule is C1=NOC2(C1)CCCN(Cc1cc(-c3ccccc3)on1)C2.O=C(O)C(F)(F)F. The average molecular weight is 411 g/mol. The molecule has 4 rings (SSSR count). The van der Waals surface area contributed by atoms with Crippen LogP contribution in [0.1, 0.15) is 25.0 Å². The lowest BCUT2D eigenvalue weighted by molar-refractivity contribution is -0.192. The van der Waals surface area contributed by atoms with Gasteiger partial charge in [0.1, 0.15) is 0 Å². The van der Waals surface area contributed by atoms with Gasteiger partial charge in [0.25, 0.3) is 0 Å². The lowest BCUT2D eigenvalue weighted by atomic mass is 9.90. The van der Waals surface area contributed by atoms with E-state index in [0.29, 0.717) is 0 Å². The third-order valence-corrected chi connectivity index (χ3v) is 4.65. The molecular formula is C19H20F3N3O4. The van der Waals surface area contributed by atoms with E-state index in [9.17, 15) is 13.2 Å². The molecule has 29 heavy (non-hydrogen) atoms. The van der Waals surface area contributed by atoms with Crippen molar-refractivity contribution in [3.63, 3.8) is 0 Å². The highest BCUT2D eigenvalue weighted by Crippen LogP contribution is 2.32. The van der Waals surface area contributed by atoms with Gasteiger partial charge in [-0.05, 0) is 19.4 Å². The molecule has 1 N–H and O–H groups in total. The molecule has 1 fully saturated rings. The number of aromatic nitrogens is 1. The van der Waals surface area contributed by atoms with Crippen molar-refractivity contribution in [2.75, 3.05) is 13.1 Å². The zero-order chi connectivity index (χ0) is 20.9. The number of carbonyl (C=O) groups is 1. The van der Waals surface area contributed by atoms with Crippen LogP contribution in [0, 0.1) is 0 Å². The molecule has 2 aliphatic heterocycles. The van der Waals surface area contributed by atoms with Gasteiger partial charge in [-0.1, -0.05) is 40.6 Å². The number of oxime groups is 1. The summed E-state index contributed by atoms with van der Waals surface area (Å²) in [6.45, 7) is 2.76. The van der Waals surface area contributed by atoms with E-state index >= 15 is 0 Å². The van der Waals surface area contributed by atoms with Gasteiger partial charge in [-0.15, -0.1) is 0 Å². The number of likely N-dealkylation sites (tertiary alicyclic amines) is 1. The highest BCUT2D eigenvalue weighted by atomic mass is 19.4. The fraction of sp³-hybridized carbons (Fsp3) is 0.421. The van der Waals surface area contributed by atoms with E-state index in [2.05, 4.69) is 15.2 Å². The van der Waals surface area contributed by atoms with Crippen LogP contribution in [0.25, 0.3) is 11.3 Å². The molecule has 0 saturated carbocycles. The third kappa shape index (κ3) is 5.57. The van der Waals surface area contributed by atoms with E-state index in [4.69, 9.17) is 19.3 Å². The topological polar surface area (TPSA) is 88.2 Å². The number of alkyl halides is 3. The number of benzene rings is 1. The molecule has 2 aromatic rings. The Morgan fingerprint density at radius 1 is 1.28 bits per heavy atom. The van der Waals surface area contributed by atoms with Crippen LogP contribution in [0.15, 0.2) is 46.1 Å². The summed E-state index contributed by atoms with van der Waals surface area (Å²) in [6.07, 6.45) is -0.0744. The second-order valence-corrected chi connectivity index (χ2v) is 6.93. The fourth-order valence-electron chi connectivity index (χ4n) is 3.31. The molecule has 0 radical (unpaired) electrons. The predicted molar refractivity (Wildman–Crippen MR) is 97.1 cm³/mol. The van der Waals surface area contributed by atoms with Crippen LogP contribution in [0.2, 0.25) is 0 Å². The number of piperidine rings is 1. The maximum Gasteiger partial charge on any atom is 0.490 e. The first kappa shape index (κ1) is 20.8. The van der Waals surface area contributed by atoms with Crippen molar-refractivity contribution in [2.24, 2.45) is 5.16 Å². The van der Waals surface area contributed by atoms with Crippen LogP contribution in [0.5, 0.6) is 0 Å². The number of rotatable bonds is 3. The number of aliphatic carboxylic acids is 1. The number of carboxylic acid groups (broad SMARTS) is 1. The largest absolute Gasteiger partial charge is 0.490 e. The van der Waals surface area contributed by atoms with Crippen molar-refractivity contribution in [2.45, 2.75) is 37.6 Å². The van der Waals surface area contributed by atoms with E-state index < -0.39 is 12.1 Å². The fourth-order valence-corrected chi connectivity index (χ4v) is 3.31. The van der Waals surface area contributed by atoms with Gasteiger partial charge in [0, 0.05) is 37.4 Å². The summed E-state index contributed by atoms with van der Waals surface area (Å²) in [7, 11) is 0. The highest BCUT2D eigenvalue weighted by molar-refractivity contribution is 5.73. The first-order valence-electron chi connectivity index (χ1n) is 9.01. The summed E-state index contributed by atoms with van der Waals surface area (Å²) in [6, 6.07) is 12.1. The smallest absolute Gasteiger partial charge is 0.475 e. The monoisotopic (exact) mass is 411 g/mol. The Morgan fingerprint density at radius 3 is 2.62 bits per heavy atom. The Morgan fingerprint density at radius 2 is 2.00 bits per heavy atom. The zero-order valence-electron chi connectivity index (χ0n) is 15.4. The average Bonchev–Trinajstić information content (AvgIpc) is 3.32.